The average molecular weight is 301 g/mol. The number of hydrogen-bond acceptors (Lipinski definition) is 4. The fourth-order valence-corrected chi connectivity index (χ4v) is 2.81. The van der Waals surface area contributed by atoms with E-state index in [0.717, 1.165) is 0 Å². The number of halogens is 1. The molecule has 0 saturated carbocycles. The highest BCUT2D eigenvalue weighted by Crippen LogP contribution is 2.22. The molecule has 0 aliphatic carbocycles. The van der Waals surface area contributed by atoms with Crippen LogP contribution in [0.3, 0.4) is 0 Å². The number of nitrogens with one attached hydrogen (secondary N) is 1. The Kier molecular flexibility index (Phi) is 3.79. The number of nitrogens with two attached hydrogens (primary N) is 1. The van der Waals surface area contributed by atoms with Crippen LogP contribution in [0.1, 0.15) is 5.56 Å². The largest absolute Gasteiger partial charge is 0.399 e. The minimum atomic E-state index is -3.61. The van der Waals surface area contributed by atoms with Crippen LogP contribution in [0.5, 0.6) is 0 Å². The summed E-state index contributed by atoms with van der Waals surface area (Å²) in [4.78, 5) is 6.27. The Balaban J connectivity index is 2.26. The normalized spacial score (nSPS) is 11.9. The molecule has 19 heavy (non-hydrogen) atoms. The van der Waals surface area contributed by atoms with Crippen LogP contribution in [0.25, 0.3) is 0 Å². The van der Waals surface area contributed by atoms with Gasteiger partial charge >= 0.3 is 0 Å². The van der Waals surface area contributed by atoms with Crippen molar-refractivity contribution in [2.75, 3.05) is 12.8 Å². The zero-order valence-electron chi connectivity index (χ0n) is 10.2. The number of rotatable bonds is 4. The lowest BCUT2D eigenvalue weighted by atomic mass is 10.2. The zero-order valence-corrected chi connectivity index (χ0v) is 11.7. The summed E-state index contributed by atoms with van der Waals surface area (Å²) in [5, 5.41) is 0.510. The van der Waals surface area contributed by atoms with Gasteiger partial charge in [0.2, 0.25) is 0 Å². The van der Waals surface area contributed by atoms with Gasteiger partial charge in [0.15, 0.2) is 5.03 Å². The quantitative estimate of drug-likeness (QED) is 0.836. The second-order valence-electron chi connectivity index (χ2n) is 4.03. The van der Waals surface area contributed by atoms with Crippen molar-refractivity contribution in [2.45, 2.75) is 11.6 Å². The van der Waals surface area contributed by atoms with Crippen molar-refractivity contribution in [3.63, 3.8) is 0 Å². The molecule has 0 aliphatic heterocycles. The number of imidazole rings is 1. The molecule has 0 spiro atoms. The molecule has 0 atom stereocenters. The van der Waals surface area contributed by atoms with Crippen molar-refractivity contribution in [2.24, 2.45) is 0 Å². The minimum Gasteiger partial charge on any atom is -0.399 e. The Hall–Kier alpha value is -1.57. The van der Waals surface area contributed by atoms with Crippen molar-refractivity contribution in [3.05, 3.63) is 41.3 Å². The Morgan fingerprint density at radius 1 is 1.47 bits per heavy atom. The number of hydrogen-bond donors (Lipinski definition) is 2. The van der Waals surface area contributed by atoms with Gasteiger partial charge in [0.05, 0.1) is 12.5 Å². The first-order valence-electron chi connectivity index (χ1n) is 5.40. The number of sulfonamides is 1. The maximum Gasteiger partial charge on any atom is 0.260 e. The first-order chi connectivity index (χ1) is 8.91. The molecule has 2 aromatic rings. The summed E-state index contributed by atoms with van der Waals surface area (Å²) in [7, 11) is -2.14. The monoisotopic (exact) mass is 300 g/mol. The summed E-state index contributed by atoms with van der Waals surface area (Å²) in [6.07, 6.45) is 2.57. The highest BCUT2D eigenvalue weighted by Gasteiger charge is 2.22. The SMILES string of the molecule is CN(Cc1cc(N)ccc1Cl)S(=O)(=O)c1cnc[nH]1. The number of nitrogen functional groups attached to an aromatic ring is 1. The summed E-state index contributed by atoms with van der Waals surface area (Å²) in [5.41, 5.74) is 6.84. The van der Waals surface area contributed by atoms with Gasteiger partial charge in [-0.25, -0.2) is 13.4 Å². The molecule has 1 aromatic heterocycles. The molecule has 0 radical (unpaired) electrons. The summed E-state index contributed by atoms with van der Waals surface area (Å²) in [6.45, 7) is 0.130. The fraction of sp³-hybridized carbons (Fsp3) is 0.182. The predicted octanol–water partition coefficient (Wildman–Crippen LogP) is 1.47. The van der Waals surface area contributed by atoms with E-state index in [1.54, 1.807) is 18.2 Å². The van der Waals surface area contributed by atoms with Gasteiger partial charge < -0.3 is 10.7 Å². The van der Waals surface area contributed by atoms with Crippen LogP contribution in [0.15, 0.2) is 35.7 Å². The van der Waals surface area contributed by atoms with Crippen LogP contribution in [0.4, 0.5) is 5.69 Å². The van der Waals surface area contributed by atoms with Crippen molar-refractivity contribution < 1.29 is 8.42 Å². The lowest BCUT2D eigenvalue weighted by Crippen LogP contribution is -2.27. The van der Waals surface area contributed by atoms with E-state index in [4.69, 9.17) is 17.3 Å². The Morgan fingerprint density at radius 2 is 2.21 bits per heavy atom. The van der Waals surface area contributed by atoms with Crippen LogP contribution in [-0.4, -0.2) is 29.7 Å². The fourth-order valence-electron chi connectivity index (χ4n) is 1.59. The van der Waals surface area contributed by atoms with E-state index in [1.807, 2.05) is 0 Å². The summed E-state index contributed by atoms with van der Waals surface area (Å²) >= 11 is 6.02. The van der Waals surface area contributed by atoms with Gasteiger partial charge in [-0.05, 0) is 23.8 Å². The van der Waals surface area contributed by atoms with E-state index in [-0.39, 0.29) is 11.6 Å². The van der Waals surface area contributed by atoms with E-state index in [2.05, 4.69) is 9.97 Å². The predicted molar refractivity (Wildman–Crippen MR) is 73.1 cm³/mol. The molecule has 102 valence electrons. The maximum atomic E-state index is 12.2. The molecule has 1 aromatic carbocycles. The van der Waals surface area contributed by atoms with E-state index < -0.39 is 10.0 Å². The van der Waals surface area contributed by atoms with E-state index in [1.165, 1.54) is 23.9 Å². The topological polar surface area (TPSA) is 92.1 Å². The minimum absolute atomic E-state index is 0.0371. The Bertz CT molecular complexity index is 670. The Labute approximate surface area is 116 Å². The molecule has 0 bridgehead atoms. The van der Waals surface area contributed by atoms with Gasteiger partial charge in [0, 0.05) is 24.3 Å². The smallest absolute Gasteiger partial charge is 0.260 e. The van der Waals surface area contributed by atoms with Crippen LogP contribution in [-0.2, 0) is 16.6 Å². The van der Waals surface area contributed by atoms with Gasteiger partial charge in [-0.2, -0.15) is 4.31 Å². The summed E-state index contributed by atoms with van der Waals surface area (Å²) < 4.78 is 25.5. The highest BCUT2D eigenvalue weighted by molar-refractivity contribution is 7.89. The molecule has 0 amide bonds. The Morgan fingerprint density at radius 3 is 2.84 bits per heavy atom. The van der Waals surface area contributed by atoms with E-state index >= 15 is 0 Å². The number of aromatic nitrogens is 2. The van der Waals surface area contributed by atoms with Gasteiger partial charge in [-0.15, -0.1) is 0 Å². The van der Waals surface area contributed by atoms with Crippen molar-refractivity contribution >= 4 is 27.3 Å². The second kappa shape index (κ2) is 5.20. The van der Waals surface area contributed by atoms with Gasteiger partial charge in [0.25, 0.3) is 10.0 Å². The molecule has 0 saturated heterocycles. The molecule has 3 N–H and O–H groups in total. The van der Waals surface area contributed by atoms with Crippen molar-refractivity contribution in [1.29, 1.82) is 0 Å². The van der Waals surface area contributed by atoms with Gasteiger partial charge in [-0.1, -0.05) is 11.6 Å². The molecule has 1 heterocycles. The second-order valence-corrected chi connectivity index (χ2v) is 6.45. The van der Waals surface area contributed by atoms with Crippen LogP contribution < -0.4 is 5.73 Å². The molecule has 0 aliphatic rings. The number of aromatic amines is 1. The van der Waals surface area contributed by atoms with E-state index in [0.29, 0.717) is 16.3 Å². The molecule has 0 unspecified atom stereocenters. The molecule has 8 heteroatoms. The zero-order chi connectivity index (χ0) is 14.0. The standard InChI is InChI=1S/C11H13ClN4O2S/c1-16(19(17,18)11-5-14-7-15-11)6-8-4-9(13)2-3-10(8)12/h2-5,7H,6,13H2,1H3,(H,14,15). The first kappa shape index (κ1) is 13.9. The third-order valence-corrected chi connectivity index (χ3v) is 4.72. The lowest BCUT2D eigenvalue weighted by molar-refractivity contribution is 0.464. The van der Waals surface area contributed by atoms with Crippen LogP contribution in [0, 0.1) is 0 Å². The third-order valence-electron chi connectivity index (χ3n) is 2.62. The molecule has 2 rings (SSSR count). The molecule has 0 fully saturated rings. The van der Waals surface area contributed by atoms with Crippen LogP contribution in [0.2, 0.25) is 5.02 Å². The van der Waals surface area contributed by atoms with Gasteiger partial charge in [0.1, 0.15) is 0 Å². The highest BCUT2D eigenvalue weighted by atomic mass is 35.5. The summed E-state index contributed by atoms with van der Waals surface area (Å²) in [5.74, 6) is 0. The van der Waals surface area contributed by atoms with Crippen molar-refractivity contribution in [3.8, 4) is 0 Å². The number of anilines is 1. The lowest BCUT2D eigenvalue weighted by Gasteiger charge is -2.17. The number of benzene rings is 1. The summed E-state index contributed by atoms with van der Waals surface area (Å²) in [6, 6.07) is 4.96. The number of nitrogens with zero attached hydrogens (tertiary/aromatic N) is 2. The van der Waals surface area contributed by atoms with Crippen molar-refractivity contribution in [1.82, 2.24) is 14.3 Å². The van der Waals surface area contributed by atoms with Crippen LogP contribution >= 0.6 is 11.6 Å². The number of H-pyrrole nitrogens is 1. The third kappa shape index (κ3) is 2.89. The molecular formula is C11H13ClN4O2S. The molecular weight excluding hydrogens is 288 g/mol. The average Bonchev–Trinajstić information content (AvgIpc) is 2.88. The van der Waals surface area contributed by atoms with Gasteiger partial charge in [-0.3, -0.25) is 0 Å². The van der Waals surface area contributed by atoms with E-state index in [9.17, 15) is 8.42 Å². The molecule has 6 nitrogen and oxygen atoms in total. The maximum absolute atomic E-state index is 12.2. The first-order valence-corrected chi connectivity index (χ1v) is 7.21.